The van der Waals surface area contributed by atoms with Gasteiger partial charge >= 0.3 is 11.9 Å². The Morgan fingerprint density at radius 3 is 2.65 bits per heavy atom. The van der Waals surface area contributed by atoms with E-state index in [1.807, 2.05) is 20.8 Å². The van der Waals surface area contributed by atoms with Gasteiger partial charge in [0.05, 0.1) is 29.9 Å². The molecule has 0 bridgehead atoms. The van der Waals surface area contributed by atoms with E-state index in [0.29, 0.717) is 33.7 Å². The highest BCUT2D eigenvalue weighted by Crippen LogP contribution is 2.45. The van der Waals surface area contributed by atoms with E-state index >= 15 is 0 Å². The monoisotopic (exact) mass is 359 g/mol. The van der Waals surface area contributed by atoms with Gasteiger partial charge in [-0.05, 0) is 29.5 Å². The Kier molecular flexibility index (Phi) is 4.38. The highest BCUT2D eigenvalue weighted by molar-refractivity contribution is 6.01. The van der Waals surface area contributed by atoms with Crippen molar-refractivity contribution in [2.45, 2.75) is 39.0 Å². The Morgan fingerprint density at radius 2 is 2.04 bits per heavy atom. The summed E-state index contributed by atoms with van der Waals surface area (Å²) in [6.07, 6.45) is 0. The molecule has 0 amide bonds. The van der Waals surface area contributed by atoms with Crippen LogP contribution in [-0.2, 0) is 24.5 Å². The summed E-state index contributed by atoms with van der Waals surface area (Å²) in [5.41, 5.74) is 2.33. The SMILES string of the molecule is COC(=O)C1=C(C)NC2=C(C(=O)OC2)[C@H]1c1cccc(F)c1C(C)(C)C. The van der Waals surface area contributed by atoms with Crippen LogP contribution in [0.5, 0.6) is 0 Å². The second-order valence-corrected chi connectivity index (χ2v) is 7.51. The van der Waals surface area contributed by atoms with Crippen LogP contribution >= 0.6 is 0 Å². The zero-order valence-electron chi connectivity index (χ0n) is 15.5. The number of nitrogens with one attached hydrogen (secondary N) is 1. The van der Waals surface area contributed by atoms with Crippen LogP contribution in [0.2, 0.25) is 0 Å². The first-order valence-corrected chi connectivity index (χ1v) is 8.42. The fourth-order valence-corrected chi connectivity index (χ4v) is 3.73. The maximum absolute atomic E-state index is 14.8. The van der Waals surface area contributed by atoms with E-state index in [-0.39, 0.29) is 12.4 Å². The lowest BCUT2D eigenvalue weighted by Gasteiger charge is -2.32. The van der Waals surface area contributed by atoms with Crippen LogP contribution < -0.4 is 5.32 Å². The average molecular weight is 359 g/mol. The van der Waals surface area contributed by atoms with Gasteiger partial charge in [-0.15, -0.1) is 0 Å². The Bertz CT molecular complexity index is 861. The lowest BCUT2D eigenvalue weighted by atomic mass is 9.73. The summed E-state index contributed by atoms with van der Waals surface area (Å²) in [6.45, 7) is 7.53. The van der Waals surface area contributed by atoms with E-state index in [0.717, 1.165) is 0 Å². The smallest absolute Gasteiger partial charge is 0.337 e. The summed E-state index contributed by atoms with van der Waals surface area (Å²) in [7, 11) is 1.28. The van der Waals surface area contributed by atoms with Crippen LogP contribution in [-0.4, -0.2) is 25.7 Å². The van der Waals surface area contributed by atoms with Gasteiger partial charge in [-0.25, -0.2) is 14.0 Å². The summed E-state index contributed by atoms with van der Waals surface area (Å²) in [4.78, 5) is 24.9. The van der Waals surface area contributed by atoms with E-state index in [4.69, 9.17) is 9.47 Å². The van der Waals surface area contributed by atoms with Gasteiger partial charge in [0.15, 0.2) is 0 Å². The molecule has 0 saturated carbocycles. The molecule has 0 aromatic heterocycles. The third-order valence-corrected chi connectivity index (χ3v) is 4.72. The number of hydrogen-bond acceptors (Lipinski definition) is 5. The quantitative estimate of drug-likeness (QED) is 0.822. The number of carbonyl (C=O) groups excluding carboxylic acids is 2. The molecule has 2 heterocycles. The molecule has 1 aromatic rings. The first-order chi connectivity index (χ1) is 12.2. The van der Waals surface area contributed by atoms with Gasteiger partial charge in [-0.2, -0.15) is 0 Å². The van der Waals surface area contributed by atoms with Gasteiger partial charge in [-0.3, -0.25) is 0 Å². The highest BCUT2D eigenvalue weighted by atomic mass is 19.1. The molecule has 5 nitrogen and oxygen atoms in total. The van der Waals surface area contributed by atoms with Crippen LogP contribution in [0.25, 0.3) is 0 Å². The fraction of sp³-hybridized carbons (Fsp3) is 0.400. The van der Waals surface area contributed by atoms with E-state index in [9.17, 15) is 14.0 Å². The molecule has 0 unspecified atom stereocenters. The lowest BCUT2D eigenvalue weighted by Crippen LogP contribution is -2.31. The van der Waals surface area contributed by atoms with E-state index in [2.05, 4.69) is 5.32 Å². The molecule has 1 atom stereocenters. The molecule has 2 aliphatic heterocycles. The normalized spacial score (nSPS) is 19.9. The van der Waals surface area contributed by atoms with E-state index < -0.39 is 23.3 Å². The third-order valence-electron chi connectivity index (χ3n) is 4.72. The Hall–Kier alpha value is -2.63. The molecule has 1 N–H and O–H groups in total. The zero-order valence-corrected chi connectivity index (χ0v) is 15.5. The van der Waals surface area contributed by atoms with Gasteiger partial charge in [0, 0.05) is 5.70 Å². The summed E-state index contributed by atoms with van der Waals surface area (Å²) in [5, 5.41) is 3.07. The number of benzene rings is 1. The maximum Gasteiger partial charge on any atom is 0.337 e. The van der Waals surface area contributed by atoms with E-state index in [1.54, 1.807) is 19.1 Å². The number of rotatable bonds is 2. The van der Waals surface area contributed by atoms with Gasteiger partial charge < -0.3 is 14.8 Å². The summed E-state index contributed by atoms with van der Waals surface area (Å²) in [5.74, 6) is -2.17. The zero-order chi connectivity index (χ0) is 19.2. The number of ether oxygens (including phenoxy) is 2. The van der Waals surface area contributed by atoms with Crippen molar-refractivity contribution in [2.75, 3.05) is 13.7 Å². The molecular weight excluding hydrogens is 337 g/mol. The average Bonchev–Trinajstić information content (AvgIpc) is 2.92. The van der Waals surface area contributed by atoms with Crippen LogP contribution in [0.4, 0.5) is 4.39 Å². The molecule has 0 fully saturated rings. The molecule has 0 spiro atoms. The second kappa shape index (κ2) is 6.27. The number of cyclic esters (lactones) is 1. The van der Waals surface area contributed by atoms with Crippen molar-refractivity contribution >= 4 is 11.9 Å². The maximum atomic E-state index is 14.8. The van der Waals surface area contributed by atoms with Crippen molar-refractivity contribution in [1.82, 2.24) is 5.32 Å². The highest BCUT2D eigenvalue weighted by Gasteiger charge is 2.43. The van der Waals surface area contributed by atoms with Crippen LogP contribution in [0, 0.1) is 5.82 Å². The minimum absolute atomic E-state index is 0.108. The van der Waals surface area contributed by atoms with Crippen LogP contribution in [0.3, 0.4) is 0 Å². The number of halogens is 1. The first-order valence-electron chi connectivity index (χ1n) is 8.42. The Balaban J connectivity index is 2.32. The molecule has 0 aliphatic carbocycles. The first kappa shape index (κ1) is 18.2. The molecule has 0 saturated heterocycles. The standard InChI is InChI=1S/C20H22FNO4/c1-10-14(18(23)25-5)15(16-13(22-10)9-26-19(16)24)11-7-6-8-12(21)17(11)20(2,3)4/h6-8,15,22H,9H2,1-5H3/t15-/m0/s1. The van der Waals surface area contributed by atoms with Crippen molar-refractivity contribution in [3.05, 3.63) is 57.7 Å². The molecule has 0 radical (unpaired) electrons. The number of carbonyl (C=O) groups is 2. The van der Waals surface area contributed by atoms with Crippen LogP contribution in [0.1, 0.15) is 44.7 Å². The van der Waals surface area contributed by atoms with Gasteiger partial charge in [0.25, 0.3) is 0 Å². The number of allylic oxidation sites excluding steroid dienone is 1. The van der Waals surface area contributed by atoms with Gasteiger partial charge in [0.2, 0.25) is 0 Å². The lowest BCUT2D eigenvalue weighted by molar-refractivity contribution is -0.136. The fourth-order valence-electron chi connectivity index (χ4n) is 3.73. The Labute approximate surface area is 151 Å². The predicted octanol–water partition coefficient (Wildman–Crippen LogP) is 3.07. The summed E-state index contributed by atoms with van der Waals surface area (Å²) >= 11 is 0. The van der Waals surface area contributed by atoms with Crippen molar-refractivity contribution in [3.8, 4) is 0 Å². The predicted molar refractivity (Wildman–Crippen MR) is 93.7 cm³/mol. The number of esters is 2. The molecule has 1 aromatic carbocycles. The molecule has 138 valence electrons. The summed E-state index contributed by atoms with van der Waals surface area (Å²) < 4.78 is 24.9. The van der Waals surface area contributed by atoms with Crippen molar-refractivity contribution in [2.24, 2.45) is 0 Å². The number of hydrogen-bond donors (Lipinski definition) is 1. The van der Waals surface area contributed by atoms with Crippen molar-refractivity contribution in [1.29, 1.82) is 0 Å². The molecule has 3 rings (SSSR count). The molecule has 2 aliphatic rings. The second-order valence-electron chi connectivity index (χ2n) is 7.51. The summed E-state index contributed by atoms with van der Waals surface area (Å²) in [6, 6.07) is 4.74. The minimum Gasteiger partial charge on any atom is -0.466 e. The van der Waals surface area contributed by atoms with Gasteiger partial charge in [-0.1, -0.05) is 32.9 Å². The Morgan fingerprint density at radius 1 is 1.35 bits per heavy atom. The number of dihydropyridines is 1. The van der Waals surface area contributed by atoms with Crippen molar-refractivity contribution < 1.29 is 23.5 Å². The van der Waals surface area contributed by atoms with Crippen molar-refractivity contribution in [3.63, 3.8) is 0 Å². The molecular formula is C20H22FNO4. The molecule has 6 heteroatoms. The third kappa shape index (κ3) is 2.79. The molecule has 26 heavy (non-hydrogen) atoms. The minimum atomic E-state index is -0.737. The largest absolute Gasteiger partial charge is 0.466 e. The van der Waals surface area contributed by atoms with Crippen LogP contribution in [0.15, 0.2) is 40.7 Å². The number of methoxy groups -OCH3 is 1. The topological polar surface area (TPSA) is 64.6 Å². The van der Waals surface area contributed by atoms with Gasteiger partial charge in [0.1, 0.15) is 12.4 Å². The van der Waals surface area contributed by atoms with E-state index in [1.165, 1.54) is 13.2 Å².